The lowest BCUT2D eigenvalue weighted by molar-refractivity contribution is -0.116. The van der Waals surface area contributed by atoms with E-state index >= 15 is 0 Å². The molecule has 0 saturated carbocycles. The average Bonchev–Trinajstić information content (AvgIpc) is 2.85. The molecule has 1 aliphatic heterocycles. The minimum Gasteiger partial charge on any atom is -0.362 e. The fraction of sp³-hybridized carbons (Fsp3) is 0.172. The van der Waals surface area contributed by atoms with Crippen molar-refractivity contribution in [3.63, 3.8) is 0 Å². The van der Waals surface area contributed by atoms with E-state index in [4.69, 9.17) is 11.6 Å². The summed E-state index contributed by atoms with van der Waals surface area (Å²) in [4.78, 5) is 27.1. The molecule has 0 fully saturated rings. The molecular weight excluding hydrogens is 463 g/mol. The molecule has 0 aromatic heterocycles. The van der Waals surface area contributed by atoms with Crippen LogP contribution >= 0.6 is 11.6 Å². The Morgan fingerprint density at radius 1 is 0.943 bits per heavy atom. The molecule has 0 spiro atoms. The predicted molar refractivity (Wildman–Crippen MR) is 136 cm³/mol. The van der Waals surface area contributed by atoms with Crippen LogP contribution in [0.3, 0.4) is 0 Å². The van der Waals surface area contributed by atoms with Gasteiger partial charge in [0.1, 0.15) is 5.82 Å². The summed E-state index contributed by atoms with van der Waals surface area (Å²) in [6.07, 6.45) is 1.02. The second-order valence-electron chi connectivity index (χ2n) is 8.91. The van der Waals surface area contributed by atoms with Gasteiger partial charge in [-0.3, -0.25) is 9.59 Å². The van der Waals surface area contributed by atoms with Crippen LogP contribution in [-0.2, 0) is 9.59 Å². The molecular formula is C29H24ClFN2O2. The van der Waals surface area contributed by atoms with Gasteiger partial charge in [0.05, 0.1) is 5.69 Å². The topological polar surface area (TPSA) is 58.2 Å². The second-order valence-corrected chi connectivity index (χ2v) is 9.35. The zero-order valence-corrected chi connectivity index (χ0v) is 19.9. The molecule has 3 aromatic rings. The lowest BCUT2D eigenvalue weighted by Gasteiger charge is -2.37. The van der Waals surface area contributed by atoms with Crippen LogP contribution in [-0.4, -0.2) is 11.7 Å². The molecule has 2 atom stereocenters. The van der Waals surface area contributed by atoms with E-state index < -0.39 is 17.6 Å². The van der Waals surface area contributed by atoms with Crippen LogP contribution in [0.5, 0.6) is 0 Å². The molecule has 0 saturated heterocycles. The van der Waals surface area contributed by atoms with E-state index in [1.807, 2.05) is 49.4 Å². The number of dihydropyridines is 1. The number of rotatable bonds is 4. The molecule has 0 radical (unpaired) electrons. The van der Waals surface area contributed by atoms with Crippen LogP contribution in [0.1, 0.15) is 42.7 Å². The largest absolute Gasteiger partial charge is 0.362 e. The minimum absolute atomic E-state index is 0.00348. The van der Waals surface area contributed by atoms with Crippen LogP contribution in [0.2, 0.25) is 5.02 Å². The van der Waals surface area contributed by atoms with Crippen molar-refractivity contribution in [3.05, 3.63) is 123 Å². The van der Waals surface area contributed by atoms with Gasteiger partial charge in [0.2, 0.25) is 0 Å². The lowest BCUT2D eigenvalue weighted by atomic mass is 9.71. The maximum atomic E-state index is 14.3. The van der Waals surface area contributed by atoms with E-state index in [9.17, 15) is 14.0 Å². The Labute approximate surface area is 208 Å². The highest BCUT2D eigenvalue weighted by Crippen LogP contribution is 2.45. The van der Waals surface area contributed by atoms with Crippen molar-refractivity contribution in [3.8, 4) is 0 Å². The summed E-state index contributed by atoms with van der Waals surface area (Å²) in [5.74, 6) is -1.51. The quantitative estimate of drug-likeness (QED) is 0.443. The number of benzene rings is 3. The first-order valence-electron chi connectivity index (χ1n) is 11.5. The van der Waals surface area contributed by atoms with Gasteiger partial charge in [-0.05, 0) is 54.7 Å². The number of hydrogen-bond acceptors (Lipinski definition) is 3. The molecule has 1 aliphatic carbocycles. The van der Waals surface area contributed by atoms with Crippen LogP contribution in [0.4, 0.5) is 10.1 Å². The Balaban J connectivity index is 1.57. The zero-order valence-electron chi connectivity index (χ0n) is 19.1. The van der Waals surface area contributed by atoms with E-state index in [1.54, 1.807) is 24.3 Å². The minimum atomic E-state index is -0.584. The normalized spacial score (nSPS) is 19.8. The van der Waals surface area contributed by atoms with Gasteiger partial charge in [-0.2, -0.15) is 0 Å². The molecule has 1 amide bonds. The van der Waals surface area contributed by atoms with E-state index in [1.165, 1.54) is 12.1 Å². The highest BCUT2D eigenvalue weighted by atomic mass is 35.5. The Hall–Kier alpha value is -3.70. The standard InChI is InChI=1S/C29H24ClFN2O2/c1-17-26(29(35)33-23-10-6-5-9-22(23)31)27(19-11-13-21(30)14-12-19)28-24(32-17)15-20(16-25(28)34)18-7-3-2-4-8-18/h2-14,20,27,32H,15-16H2,1H3,(H,33,35)/t20-,27+/m0/s1. The third-order valence-electron chi connectivity index (χ3n) is 6.67. The molecule has 2 aliphatic rings. The van der Waals surface area contributed by atoms with E-state index in [-0.39, 0.29) is 17.4 Å². The Kier molecular flexibility index (Phi) is 6.27. The molecule has 4 nitrogen and oxygen atoms in total. The summed E-state index contributed by atoms with van der Waals surface area (Å²) in [5.41, 5.74) is 4.43. The molecule has 35 heavy (non-hydrogen) atoms. The number of nitrogens with one attached hydrogen (secondary N) is 2. The van der Waals surface area contributed by atoms with Gasteiger partial charge in [0, 0.05) is 39.9 Å². The lowest BCUT2D eigenvalue weighted by Crippen LogP contribution is -2.37. The summed E-state index contributed by atoms with van der Waals surface area (Å²) in [6, 6.07) is 23.2. The van der Waals surface area contributed by atoms with Crippen molar-refractivity contribution >= 4 is 29.0 Å². The summed E-state index contributed by atoms with van der Waals surface area (Å²) >= 11 is 6.13. The van der Waals surface area contributed by atoms with Crippen molar-refractivity contribution < 1.29 is 14.0 Å². The first kappa shape index (κ1) is 23.1. The van der Waals surface area contributed by atoms with Gasteiger partial charge in [-0.1, -0.05) is 66.2 Å². The number of carbonyl (C=O) groups is 2. The first-order valence-corrected chi connectivity index (χ1v) is 11.9. The molecule has 176 valence electrons. The number of ketones is 1. The number of allylic oxidation sites excluding steroid dienone is 3. The summed E-state index contributed by atoms with van der Waals surface area (Å²) < 4.78 is 14.3. The van der Waals surface area contributed by atoms with Crippen molar-refractivity contribution in [2.45, 2.75) is 31.6 Å². The van der Waals surface area contributed by atoms with Crippen molar-refractivity contribution in [2.24, 2.45) is 0 Å². The van der Waals surface area contributed by atoms with Gasteiger partial charge in [-0.25, -0.2) is 4.39 Å². The number of halogens is 2. The first-order chi connectivity index (χ1) is 16.9. The molecule has 0 bridgehead atoms. The molecule has 0 unspecified atom stereocenters. The number of anilines is 1. The average molecular weight is 487 g/mol. The summed E-state index contributed by atoms with van der Waals surface area (Å²) in [7, 11) is 0. The zero-order chi connectivity index (χ0) is 24.5. The second kappa shape index (κ2) is 9.51. The van der Waals surface area contributed by atoms with Crippen LogP contribution in [0, 0.1) is 5.82 Å². The van der Waals surface area contributed by atoms with Gasteiger partial charge in [0.25, 0.3) is 5.91 Å². The fourth-order valence-electron chi connectivity index (χ4n) is 5.04. The number of amides is 1. The van der Waals surface area contributed by atoms with E-state index in [2.05, 4.69) is 10.6 Å². The third-order valence-corrected chi connectivity index (χ3v) is 6.92. The fourth-order valence-corrected chi connectivity index (χ4v) is 5.17. The number of Topliss-reactive ketones (excluding diaryl/α,β-unsaturated/α-hetero) is 1. The number of para-hydroxylation sites is 1. The summed E-state index contributed by atoms with van der Waals surface area (Å²) in [5, 5.41) is 6.61. The Bertz CT molecular complexity index is 1360. The molecule has 1 heterocycles. The Morgan fingerprint density at radius 2 is 1.63 bits per heavy atom. The van der Waals surface area contributed by atoms with Crippen LogP contribution in [0.25, 0.3) is 0 Å². The monoisotopic (exact) mass is 486 g/mol. The Morgan fingerprint density at radius 3 is 2.34 bits per heavy atom. The van der Waals surface area contributed by atoms with Crippen molar-refractivity contribution in [1.82, 2.24) is 5.32 Å². The molecule has 5 rings (SSSR count). The van der Waals surface area contributed by atoms with Gasteiger partial charge in [0.15, 0.2) is 5.78 Å². The van der Waals surface area contributed by atoms with Crippen LogP contribution < -0.4 is 10.6 Å². The van der Waals surface area contributed by atoms with Crippen molar-refractivity contribution in [2.75, 3.05) is 5.32 Å². The summed E-state index contributed by atoms with van der Waals surface area (Å²) in [6.45, 7) is 1.82. The highest BCUT2D eigenvalue weighted by molar-refractivity contribution is 6.30. The van der Waals surface area contributed by atoms with Gasteiger partial charge < -0.3 is 10.6 Å². The highest BCUT2D eigenvalue weighted by Gasteiger charge is 2.41. The predicted octanol–water partition coefficient (Wildman–Crippen LogP) is 6.48. The molecule has 3 aromatic carbocycles. The third kappa shape index (κ3) is 4.52. The maximum Gasteiger partial charge on any atom is 0.254 e. The smallest absolute Gasteiger partial charge is 0.254 e. The molecule has 2 N–H and O–H groups in total. The van der Waals surface area contributed by atoms with E-state index in [0.717, 1.165) is 16.8 Å². The number of carbonyl (C=O) groups excluding carboxylic acids is 2. The number of hydrogen-bond donors (Lipinski definition) is 2. The maximum absolute atomic E-state index is 14.3. The van der Waals surface area contributed by atoms with Gasteiger partial charge in [-0.15, -0.1) is 0 Å². The van der Waals surface area contributed by atoms with E-state index in [0.29, 0.717) is 34.7 Å². The van der Waals surface area contributed by atoms with Crippen molar-refractivity contribution in [1.29, 1.82) is 0 Å². The van der Waals surface area contributed by atoms with Gasteiger partial charge >= 0.3 is 0 Å². The molecule has 6 heteroatoms. The van der Waals surface area contributed by atoms with Crippen LogP contribution in [0.15, 0.2) is 101 Å². The SMILES string of the molecule is CC1=C(C(=O)Nc2ccccc2F)[C@@H](c2ccc(Cl)cc2)C2=C(C[C@H](c3ccccc3)CC2=O)N1.